The Kier molecular flexibility index (Phi) is 5.87. The molecule has 2 heterocycles. The molecule has 0 bridgehead atoms. The van der Waals surface area contributed by atoms with Crippen molar-refractivity contribution in [2.75, 3.05) is 0 Å². The summed E-state index contributed by atoms with van der Waals surface area (Å²) in [5, 5.41) is 5.42. The molecular formula is C30H33GeNS. The monoisotopic (exact) mass is 513 g/mol. The molecule has 0 unspecified atom stereocenters. The van der Waals surface area contributed by atoms with Gasteiger partial charge in [-0.25, -0.2) is 0 Å². The molecule has 5 rings (SSSR count). The summed E-state index contributed by atoms with van der Waals surface area (Å²) in [4.78, 5) is 4.95. The molecule has 5 aromatic rings. The number of hydrogen-bond donors (Lipinski definition) is 0. The molecule has 0 aliphatic rings. The Balaban J connectivity index is 1.80. The molecule has 0 atom stereocenters. The van der Waals surface area contributed by atoms with E-state index in [2.05, 4.69) is 92.6 Å². The second-order valence-corrected chi connectivity index (χ2v) is 21.9. The van der Waals surface area contributed by atoms with Crippen molar-refractivity contribution in [3.8, 4) is 11.3 Å². The van der Waals surface area contributed by atoms with Crippen LogP contribution in [0.15, 0.2) is 60.8 Å². The normalized spacial score (nSPS) is 12.5. The molecular weight excluding hydrogens is 479 g/mol. The van der Waals surface area contributed by atoms with Gasteiger partial charge in [-0.3, -0.25) is 0 Å². The average molecular weight is 512 g/mol. The molecule has 0 fully saturated rings. The van der Waals surface area contributed by atoms with Gasteiger partial charge in [-0.1, -0.05) is 0 Å². The first kappa shape index (κ1) is 22.6. The van der Waals surface area contributed by atoms with E-state index in [1.807, 2.05) is 17.5 Å². The summed E-state index contributed by atoms with van der Waals surface area (Å²) < 4.78 is 4.38. The zero-order valence-corrected chi connectivity index (χ0v) is 23.5. The number of thiophene rings is 1. The Morgan fingerprint density at radius 2 is 1.58 bits per heavy atom. The van der Waals surface area contributed by atoms with Gasteiger partial charge in [-0.15, -0.1) is 0 Å². The number of hydrogen-bond acceptors (Lipinski definition) is 2. The predicted octanol–water partition coefficient (Wildman–Crippen LogP) is 9.03. The van der Waals surface area contributed by atoms with Gasteiger partial charge in [-0.05, 0) is 0 Å². The summed E-state index contributed by atoms with van der Waals surface area (Å²) in [5.41, 5.74) is 5.33. The van der Waals surface area contributed by atoms with Crippen LogP contribution in [0.3, 0.4) is 0 Å². The fourth-order valence-electron chi connectivity index (χ4n) is 5.46. The standard InChI is InChI=1S/C30H33GeNS/c1-7-20(8-2)26-18-22(17-21-11-9-10-12-23(21)26)28-30-25(15-16-32-28)24-13-14-27(31(4,5)6)19(3)29(24)33-30/h9-18,20H,7-8H2,1-6H3. The zero-order chi connectivity index (χ0) is 23.3. The van der Waals surface area contributed by atoms with Gasteiger partial charge in [0.2, 0.25) is 0 Å². The van der Waals surface area contributed by atoms with Crippen LogP contribution in [0.4, 0.5) is 0 Å². The van der Waals surface area contributed by atoms with Crippen LogP contribution in [-0.4, -0.2) is 18.3 Å². The molecule has 0 saturated heterocycles. The van der Waals surface area contributed by atoms with Crippen LogP contribution >= 0.6 is 11.3 Å². The van der Waals surface area contributed by atoms with E-state index in [-0.39, 0.29) is 0 Å². The fraction of sp³-hybridized carbons (Fsp3) is 0.300. The summed E-state index contributed by atoms with van der Waals surface area (Å²) in [7, 11) is 0. The van der Waals surface area contributed by atoms with Crippen LogP contribution in [0.1, 0.15) is 43.7 Å². The number of aromatic nitrogens is 1. The van der Waals surface area contributed by atoms with Crippen molar-refractivity contribution >= 4 is 59.9 Å². The van der Waals surface area contributed by atoms with Gasteiger partial charge < -0.3 is 0 Å². The molecule has 1 nitrogen and oxygen atoms in total. The SMILES string of the molecule is CCC(CC)c1cc(-c2nccc3c2sc2c(C)[c]([Ge]([CH3])([CH3])[CH3])ccc23)cc2ccccc12. The van der Waals surface area contributed by atoms with Crippen molar-refractivity contribution in [2.45, 2.75) is 56.8 Å². The fourth-order valence-corrected chi connectivity index (χ4v) is 10.8. The van der Waals surface area contributed by atoms with Gasteiger partial charge in [0.1, 0.15) is 0 Å². The van der Waals surface area contributed by atoms with Gasteiger partial charge in [0.25, 0.3) is 0 Å². The number of pyridine rings is 1. The van der Waals surface area contributed by atoms with E-state index in [9.17, 15) is 0 Å². The Hall–Kier alpha value is -2.17. The van der Waals surface area contributed by atoms with E-state index in [0.717, 1.165) is 18.5 Å². The predicted molar refractivity (Wildman–Crippen MR) is 151 cm³/mol. The van der Waals surface area contributed by atoms with E-state index >= 15 is 0 Å². The Morgan fingerprint density at radius 3 is 2.30 bits per heavy atom. The third-order valence-corrected chi connectivity index (χ3v) is 13.1. The van der Waals surface area contributed by atoms with Gasteiger partial charge >= 0.3 is 205 Å². The van der Waals surface area contributed by atoms with Crippen molar-refractivity contribution in [3.05, 3.63) is 71.9 Å². The topological polar surface area (TPSA) is 12.9 Å². The van der Waals surface area contributed by atoms with Gasteiger partial charge in [-0.2, -0.15) is 0 Å². The van der Waals surface area contributed by atoms with Crippen molar-refractivity contribution in [1.82, 2.24) is 4.98 Å². The average Bonchev–Trinajstić information content (AvgIpc) is 3.19. The van der Waals surface area contributed by atoms with Crippen molar-refractivity contribution < 1.29 is 0 Å². The third kappa shape index (κ3) is 3.81. The molecule has 0 spiro atoms. The Labute approximate surface area is 204 Å². The zero-order valence-electron chi connectivity index (χ0n) is 20.6. The number of aryl methyl sites for hydroxylation is 1. The van der Waals surface area contributed by atoms with Gasteiger partial charge in [0.15, 0.2) is 0 Å². The maximum atomic E-state index is 4.95. The summed E-state index contributed by atoms with van der Waals surface area (Å²) >= 11 is 0.0147. The Morgan fingerprint density at radius 1 is 0.848 bits per heavy atom. The molecule has 0 saturated carbocycles. The van der Waals surface area contributed by atoms with E-state index in [4.69, 9.17) is 4.98 Å². The van der Waals surface area contributed by atoms with E-state index in [1.165, 1.54) is 47.6 Å². The van der Waals surface area contributed by atoms with E-state index in [1.54, 1.807) is 4.40 Å². The number of nitrogens with zero attached hydrogens (tertiary/aromatic N) is 1. The molecule has 3 aromatic carbocycles. The van der Waals surface area contributed by atoms with E-state index in [0.29, 0.717) is 5.92 Å². The van der Waals surface area contributed by atoms with Crippen LogP contribution in [0.5, 0.6) is 0 Å². The van der Waals surface area contributed by atoms with Crippen molar-refractivity contribution in [2.24, 2.45) is 0 Å². The molecule has 0 N–H and O–H groups in total. The number of rotatable bonds is 5. The van der Waals surface area contributed by atoms with Gasteiger partial charge in [0, 0.05) is 0 Å². The second-order valence-electron chi connectivity index (χ2n) is 10.3. The molecule has 168 valence electrons. The number of fused-ring (bicyclic) bond motifs is 4. The first-order valence-corrected chi connectivity index (χ1v) is 20.3. The summed E-state index contributed by atoms with van der Waals surface area (Å²) in [6, 6.07) is 20.6. The van der Waals surface area contributed by atoms with Crippen LogP contribution in [0.25, 0.3) is 42.2 Å². The van der Waals surface area contributed by atoms with Gasteiger partial charge in [0.05, 0.1) is 0 Å². The van der Waals surface area contributed by atoms with Crippen LogP contribution in [0.2, 0.25) is 17.3 Å². The Bertz CT molecular complexity index is 1480. The summed E-state index contributed by atoms with van der Waals surface area (Å²) in [6.07, 6.45) is 4.32. The molecule has 3 heteroatoms. The molecule has 0 radical (unpaired) electrons. The maximum absolute atomic E-state index is 4.95. The first-order chi connectivity index (χ1) is 15.8. The van der Waals surface area contributed by atoms with Crippen LogP contribution in [-0.2, 0) is 0 Å². The summed E-state index contributed by atoms with van der Waals surface area (Å²) in [5.74, 6) is 8.04. The van der Waals surface area contributed by atoms with Crippen molar-refractivity contribution in [1.29, 1.82) is 0 Å². The molecule has 0 aliphatic carbocycles. The molecule has 2 aromatic heterocycles. The van der Waals surface area contributed by atoms with Crippen LogP contribution < -0.4 is 4.40 Å². The first-order valence-electron chi connectivity index (χ1n) is 12.2. The van der Waals surface area contributed by atoms with E-state index < -0.39 is 13.3 Å². The van der Waals surface area contributed by atoms with Crippen molar-refractivity contribution in [3.63, 3.8) is 0 Å². The molecule has 0 amide bonds. The third-order valence-electron chi connectivity index (χ3n) is 7.21. The van der Waals surface area contributed by atoms with Crippen LogP contribution in [0, 0.1) is 6.92 Å². The minimum absolute atomic E-state index is 0.569. The second kappa shape index (κ2) is 8.56. The summed E-state index contributed by atoms with van der Waals surface area (Å²) in [6.45, 7) is 6.94. The minimum atomic E-state index is -1.92. The quantitative estimate of drug-likeness (QED) is 0.214. The number of benzene rings is 3. The molecule has 33 heavy (non-hydrogen) atoms. The molecule has 0 aliphatic heterocycles.